The Morgan fingerprint density at radius 2 is 2.27 bits per heavy atom. The minimum Gasteiger partial charge on any atom is -0.469 e. The average molecular weight is 204 g/mol. The SMILES string of the molecule is O=C(Cc1ccco1)C1CC2(CCC2)C1. The molecule has 2 saturated carbocycles. The second kappa shape index (κ2) is 3.22. The van der Waals surface area contributed by atoms with Crippen LogP contribution in [0, 0.1) is 11.3 Å². The molecule has 0 saturated heterocycles. The Bertz CT molecular complexity index is 352. The number of ketones is 1. The summed E-state index contributed by atoms with van der Waals surface area (Å²) >= 11 is 0. The van der Waals surface area contributed by atoms with Gasteiger partial charge in [0, 0.05) is 5.92 Å². The van der Waals surface area contributed by atoms with E-state index >= 15 is 0 Å². The van der Waals surface area contributed by atoms with Crippen molar-refractivity contribution in [2.24, 2.45) is 11.3 Å². The summed E-state index contributed by atoms with van der Waals surface area (Å²) in [5, 5.41) is 0. The van der Waals surface area contributed by atoms with Crippen molar-refractivity contribution < 1.29 is 9.21 Å². The van der Waals surface area contributed by atoms with Crippen molar-refractivity contribution >= 4 is 5.78 Å². The van der Waals surface area contributed by atoms with E-state index in [0.717, 1.165) is 18.6 Å². The molecule has 0 unspecified atom stereocenters. The molecule has 1 heterocycles. The molecule has 15 heavy (non-hydrogen) atoms. The normalized spacial score (nSPS) is 23.5. The molecule has 1 aromatic rings. The Kier molecular flexibility index (Phi) is 1.98. The zero-order valence-electron chi connectivity index (χ0n) is 8.87. The minimum atomic E-state index is 0.329. The zero-order chi connectivity index (χ0) is 10.3. The minimum absolute atomic E-state index is 0.329. The van der Waals surface area contributed by atoms with E-state index in [9.17, 15) is 4.79 Å². The molecule has 0 amide bonds. The molecular formula is C13H16O2. The maximum absolute atomic E-state index is 11.9. The van der Waals surface area contributed by atoms with Crippen LogP contribution in [0.25, 0.3) is 0 Å². The Hall–Kier alpha value is -1.05. The summed E-state index contributed by atoms with van der Waals surface area (Å²) in [6.45, 7) is 0. The van der Waals surface area contributed by atoms with Crippen LogP contribution in [-0.2, 0) is 11.2 Å². The van der Waals surface area contributed by atoms with Crippen molar-refractivity contribution in [1.29, 1.82) is 0 Å². The van der Waals surface area contributed by atoms with Gasteiger partial charge in [-0.1, -0.05) is 6.42 Å². The van der Waals surface area contributed by atoms with E-state index < -0.39 is 0 Å². The van der Waals surface area contributed by atoms with Gasteiger partial charge in [0.2, 0.25) is 0 Å². The Morgan fingerprint density at radius 1 is 1.47 bits per heavy atom. The van der Waals surface area contributed by atoms with Gasteiger partial charge in [-0.2, -0.15) is 0 Å². The fourth-order valence-corrected chi connectivity index (χ4v) is 3.03. The molecule has 1 aromatic heterocycles. The highest BCUT2D eigenvalue weighted by Crippen LogP contribution is 2.58. The Labute approximate surface area is 89.7 Å². The number of Topliss-reactive ketones (excluding diaryl/α,β-unsaturated/α-hetero) is 1. The Morgan fingerprint density at radius 3 is 2.80 bits per heavy atom. The largest absolute Gasteiger partial charge is 0.469 e. The summed E-state index contributed by atoms with van der Waals surface area (Å²) in [6, 6.07) is 3.73. The summed E-state index contributed by atoms with van der Waals surface area (Å²) in [6.07, 6.45) is 8.51. The first-order valence-electron chi connectivity index (χ1n) is 5.83. The lowest BCUT2D eigenvalue weighted by molar-refractivity contribution is -0.134. The van der Waals surface area contributed by atoms with Gasteiger partial charge in [-0.3, -0.25) is 4.79 Å². The summed E-state index contributed by atoms with van der Waals surface area (Å²) in [5.74, 6) is 1.52. The highest BCUT2D eigenvalue weighted by atomic mass is 16.3. The average Bonchev–Trinajstić information content (AvgIpc) is 2.51. The van der Waals surface area contributed by atoms with Gasteiger partial charge >= 0.3 is 0 Å². The molecule has 0 N–H and O–H groups in total. The summed E-state index contributed by atoms with van der Waals surface area (Å²) in [4.78, 5) is 11.9. The second-order valence-electron chi connectivity index (χ2n) is 5.18. The van der Waals surface area contributed by atoms with Crippen molar-refractivity contribution in [3.8, 4) is 0 Å². The molecule has 2 aliphatic carbocycles. The molecule has 0 aliphatic heterocycles. The van der Waals surface area contributed by atoms with Gasteiger partial charge in [0.15, 0.2) is 0 Å². The van der Waals surface area contributed by atoms with Crippen molar-refractivity contribution in [1.82, 2.24) is 0 Å². The number of rotatable bonds is 3. The third kappa shape index (κ3) is 1.52. The smallest absolute Gasteiger partial charge is 0.143 e. The molecule has 2 heteroatoms. The molecule has 2 aliphatic rings. The zero-order valence-corrected chi connectivity index (χ0v) is 8.87. The van der Waals surface area contributed by atoms with Crippen molar-refractivity contribution in [3.63, 3.8) is 0 Å². The first kappa shape index (κ1) is 9.20. The highest BCUT2D eigenvalue weighted by molar-refractivity contribution is 5.83. The lowest BCUT2D eigenvalue weighted by Gasteiger charge is -2.53. The first-order valence-corrected chi connectivity index (χ1v) is 5.83. The third-order valence-electron chi connectivity index (χ3n) is 4.16. The fourth-order valence-electron chi connectivity index (χ4n) is 3.03. The lowest BCUT2D eigenvalue weighted by atomic mass is 9.51. The van der Waals surface area contributed by atoms with Gasteiger partial charge in [0.25, 0.3) is 0 Å². The molecule has 0 radical (unpaired) electrons. The standard InChI is InChI=1S/C13H16O2/c14-12(7-11-3-1-6-15-11)10-8-13(9-10)4-2-5-13/h1,3,6,10H,2,4-5,7-9H2. The molecule has 3 rings (SSSR count). The van der Waals surface area contributed by atoms with Crippen molar-refractivity contribution in [2.75, 3.05) is 0 Å². The van der Waals surface area contributed by atoms with E-state index in [1.54, 1.807) is 6.26 Å². The van der Waals surface area contributed by atoms with Crippen LogP contribution in [0.15, 0.2) is 22.8 Å². The third-order valence-corrected chi connectivity index (χ3v) is 4.16. The van der Waals surface area contributed by atoms with E-state index in [2.05, 4.69) is 0 Å². The van der Waals surface area contributed by atoms with Gasteiger partial charge in [-0.05, 0) is 43.2 Å². The molecular weight excluding hydrogens is 188 g/mol. The molecule has 1 spiro atoms. The monoisotopic (exact) mass is 204 g/mol. The lowest BCUT2D eigenvalue weighted by Crippen LogP contribution is -2.46. The summed E-state index contributed by atoms with van der Waals surface area (Å²) in [7, 11) is 0. The van der Waals surface area contributed by atoms with E-state index in [1.807, 2.05) is 12.1 Å². The van der Waals surface area contributed by atoms with Crippen LogP contribution in [-0.4, -0.2) is 5.78 Å². The van der Waals surface area contributed by atoms with E-state index in [4.69, 9.17) is 4.42 Å². The molecule has 0 atom stereocenters. The van der Waals surface area contributed by atoms with Gasteiger partial charge < -0.3 is 4.42 Å². The first-order chi connectivity index (χ1) is 7.27. The number of hydrogen-bond donors (Lipinski definition) is 0. The summed E-state index contributed by atoms with van der Waals surface area (Å²) < 4.78 is 5.19. The maximum Gasteiger partial charge on any atom is 0.143 e. The van der Waals surface area contributed by atoms with E-state index in [1.165, 1.54) is 19.3 Å². The topological polar surface area (TPSA) is 30.2 Å². The molecule has 2 nitrogen and oxygen atoms in total. The highest BCUT2D eigenvalue weighted by Gasteiger charge is 2.50. The number of furan rings is 1. The van der Waals surface area contributed by atoms with Crippen molar-refractivity contribution in [2.45, 2.75) is 38.5 Å². The van der Waals surface area contributed by atoms with Gasteiger partial charge in [-0.25, -0.2) is 0 Å². The molecule has 0 bridgehead atoms. The van der Waals surface area contributed by atoms with Crippen LogP contribution in [0.3, 0.4) is 0 Å². The predicted octanol–water partition coefficient (Wildman–Crippen LogP) is 2.97. The molecule has 80 valence electrons. The number of carbonyl (C=O) groups is 1. The van der Waals surface area contributed by atoms with Crippen LogP contribution in [0.4, 0.5) is 0 Å². The van der Waals surface area contributed by atoms with Gasteiger partial charge in [0.1, 0.15) is 11.5 Å². The number of hydrogen-bond acceptors (Lipinski definition) is 2. The second-order valence-corrected chi connectivity index (χ2v) is 5.18. The summed E-state index contributed by atoms with van der Waals surface area (Å²) in [5.41, 5.74) is 0.601. The molecule has 0 aromatic carbocycles. The van der Waals surface area contributed by atoms with Crippen LogP contribution < -0.4 is 0 Å². The molecule has 2 fully saturated rings. The van der Waals surface area contributed by atoms with Crippen molar-refractivity contribution in [3.05, 3.63) is 24.2 Å². The fraction of sp³-hybridized carbons (Fsp3) is 0.615. The van der Waals surface area contributed by atoms with E-state index in [-0.39, 0.29) is 0 Å². The maximum atomic E-state index is 11.9. The van der Waals surface area contributed by atoms with Crippen LogP contribution in [0.1, 0.15) is 37.9 Å². The quantitative estimate of drug-likeness (QED) is 0.757. The Balaban J connectivity index is 1.54. The van der Waals surface area contributed by atoms with Crippen LogP contribution in [0.5, 0.6) is 0 Å². The van der Waals surface area contributed by atoms with Gasteiger partial charge in [-0.15, -0.1) is 0 Å². The predicted molar refractivity (Wildman–Crippen MR) is 56.4 cm³/mol. The van der Waals surface area contributed by atoms with Crippen LogP contribution in [0.2, 0.25) is 0 Å². The van der Waals surface area contributed by atoms with Crippen LogP contribution >= 0.6 is 0 Å². The van der Waals surface area contributed by atoms with Gasteiger partial charge in [0.05, 0.1) is 12.7 Å². The van der Waals surface area contributed by atoms with E-state index in [0.29, 0.717) is 23.5 Å². The number of carbonyl (C=O) groups excluding carboxylic acids is 1.